The van der Waals surface area contributed by atoms with Gasteiger partial charge in [-0.05, 0) is 79.9 Å². The first-order chi connectivity index (χ1) is 14.1. The van der Waals surface area contributed by atoms with Gasteiger partial charge in [0.15, 0.2) is 17.5 Å². The highest BCUT2D eigenvalue weighted by Crippen LogP contribution is 2.40. The summed E-state index contributed by atoms with van der Waals surface area (Å²) >= 11 is 0. The fourth-order valence-electron chi connectivity index (χ4n) is 5.60. The zero-order valence-electron chi connectivity index (χ0n) is 17.8. The summed E-state index contributed by atoms with van der Waals surface area (Å²) in [4.78, 5) is 0. The van der Waals surface area contributed by atoms with E-state index in [1.165, 1.54) is 69.9 Å². The average Bonchev–Trinajstić information content (AvgIpc) is 2.74. The zero-order chi connectivity index (χ0) is 20.6. The molecule has 0 heterocycles. The maximum absolute atomic E-state index is 13.5. The summed E-state index contributed by atoms with van der Waals surface area (Å²) in [6.45, 7) is 3.80. The molecule has 162 valence electrons. The first kappa shape index (κ1) is 22.4. The molecule has 0 atom stereocenters. The highest BCUT2D eigenvalue weighted by atomic mass is 19.2. The minimum atomic E-state index is -1.35. The van der Waals surface area contributed by atoms with Gasteiger partial charge in [-0.15, -0.1) is 6.58 Å². The van der Waals surface area contributed by atoms with Crippen molar-refractivity contribution in [1.82, 2.24) is 0 Å². The molecule has 0 unspecified atom stereocenters. The molecule has 3 heteroatoms. The Labute approximate surface area is 175 Å². The van der Waals surface area contributed by atoms with Crippen molar-refractivity contribution in [3.05, 3.63) is 47.8 Å². The van der Waals surface area contributed by atoms with Crippen LogP contribution in [0.4, 0.5) is 13.2 Å². The summed E-state index contributed by atoms with van der Waals surface area (Å²) < 4.78 is 40.2. The van der Waals surface area contributed by atoms with E-state index in [4.69, 9.17) is 0 Å². The predicted octanol–water partition coefficient (Wildman–Crippen LogP) is 8.71. The highest BCUT2D eigenvalue weighted by Gasteiger charge is 2.26. The predicted molar refractivity (Wildman–Crippen MR) is 114 cm³/mol. The molecule has 2 aliphatic rings. The van der Waals surface area contributed by atoms with E-state index in [9.17, 15) is 13.2 Å². The zero-order valence-corrected chi connectivity index (χ0v) is 17.8. The molecule has 0 saturated heterocycles. The standard InChI is InChI=1S/C26H37F3/c1-2-3-4-5-6-19-7-9-20(10-8-19)11-12-21-13-15-22(16-14-21)23-17-24(27)26(29)25(28)18-23/h2,17-22H,1,3-16H2/t19-,20-,21-,22-. The average molecular weight is 407 g/mol. The Kier molecular flexibility index (Phi) is 8.68. The van der Waals surface area contributed by atoms with E-state index in [0.29, 0.717) is 5.56 Å². The lowest BCUT2D eigenvalue weighted by atomic mass is 9.74. The quantitative estimate of drug-likeness (QED) is 0.218. The molecule has 29 heavy (non-hydrogen) atoms. The number of hydrogen-bond acceptors (Lipinski definition) is 0. The molecule has 1 aromatic rings. The molecule has 0 aromatic heterocycles. The molecule has 2 aliphatic carbocycles. The number of benzene rings is 1. The highest BCUT2D eigenvalue weighted by molar-refractivity contribution is 5.23. The van der Waals surface area contributed by atoms with Crippen molar-refractivity contribution in [3.63, 3.8) is 0 Å². The maximum Gasteiger partial charge on any atom is 0.194 e. The number of unbranched alkanes of at least 4 members (excludes halogenated alkanes) is 2. The topological polar surface area (TPSA) is 0 Å². The molecule has 1 aromatic carbocycles. The fraction of sp³-hybridized carbons (Fsp3) is 0.692. The van der Waals surface area contributed by atoms with Crippen molar-refractivity contribution < 1.29 is 13.2 Å². The van der Waals surface area contributed by atoms with Crippen LogP contribution < -0.4 is 0 Å². The van der Waals surface area contributed by atoms with Gasteiger partial charge < -0.3 is 0 Å². The van der Waals surface area contributed by atoms with Crippen LogP contribution in [0.1, 0.15) is 101 Å². The van der Waals surface area contributed by atoms with E-state index in [-0.39, 0.29) is 5.92 Å². The van der Waals surface area contributed by atoms with Crippen LogP contribution >= 0.6 is 0 Å². The van der Waals surface area contributed by atoms with Crippen LogP contribution in [-0.4, -0.2) is 0 Å². The first-order valence-corrected chi connectivity index (χ1v) is 11.8. The summed E-state index contributed by atoms with van der Waals surface area (Å²) in [5.41, 5.74) is 0.631. The lowest BCUT2D eigenvalue weighted by molar-refractivity contribution is 0.222. The third-order valence-corrected chi connectivity index (χ3v) is 7.54. The molecule has 0 radical (unpaired) electrons. The molecule has 0 aliphatic heterocycles. The third-order valence-electron chi connectivity index (χ3n) is 7.54. The summed E-state index contributed by atoms with van der Waals surface area (Å²) in [5, 5.41) is 0. The second kappa shape index (κ2) is 11.2. The Morgan fingerprint density at radius 2 is 1.21 bits per heavy atom. The van der Waals surface area contributed by atoms with Crippen molar-refractivity contribution in [2.24, 2.45) is 17.8 Å². The van der Waals surface area contributed by atoms with E-state index in [0.717, 1.165) is 49.9 Å². The summed E-state index contributed by atoms with van der Waals surface area (Å²) in [6, 6.07) is 2.39. The van der Waals surface area contributed by atoms with Gasteiger partial charge in [0.2, 0.25) is 0 Å². The summed E-state index contributed by atoms with van der Waals surface area (Å²) in [7, 11) is 0. The fourth-order valence-corrected chi connectivity index (χ4v) is 5.60. The normalized spacial score (nSPS) is 27.7. The molecule has 0 N–H and O–H groups in total. The molecule has 0 nitrogen and oxygen atoms in total. The molecular formula is C26H37F3. The van der Waals surface area contributed by atoms with Crippen LogP contribution in [0, 0.1) is 35.2 Å². The van der Waals surface area contributed by atoms with Gasteiger partial charge in [-0.3, -0.25) is 0 Å². The van der Waals surface area contributed by atoms with Crippen LogP contribution in [-0.2, 0) is 0 Å². The molecule has 0 amide bonds. The lowest BCUT2D eigenvalue weighted by Gasteiger charge is -2.32. The Balaban J connectivity index is 1.33. The van der Waals surface area contributed by atoms with Crippen molar-refractivity contribution in [2.75, 3.05) is 0 Å². The first-order valence-electron chi connectivity index (χ1n) is 11.8. The number of allylic oxidation sites excluding steroid dienone is 1. The summed E-state index contributed by atoms with van der Waals surface area (Å²) in [6.07, 6.45) is 19.7. The van der Waals surface area contributed by atoms with E-state index < -0.39 is 17.5 Å². The van der Waals surface area contributed by atoms with Crippen molar-refractivity contribution in [3.8, 4) is 0 Å². The monoisotopic (exact) mass is 406 g/mol. The van der Waals surface area contributed by atoms with Crippen LogP contribution in [0.15, 0.2) is 24.8 Å². The number of halogens is 3. The number of rotatable bonds is 9. The van der Waals surface area contributed by atoms with Gasteiger partial charge in [0.1, 0.15) is 0 Å². The molecule has 2 saturated carbocycles. The second-order valence-corrected chi connectivity index (χ2v) is 9.55. The molecular weight excluding hydrogens is 369 g/mol. The lowest BCUT2D eigenvalue weighted by Crippen LogP contribution is -2.18. The molecule has 0 spiro atoms. The summed E-state index contributed by atoms with van der Waals surface area (Å²) in [5.74, 6) is -0.698. The van der Waals surface area contributed by atoms with Crippen molar-refractivity contribution in [2.45, 2.75) is 95.8 Å². The van der Waals surface area contributed by atoms with Gasteiger partial charge in [0.05, 0.1) is 0 Å². The van der Waals surface area contributed by atoms with Crippen molar-refractivity contribution in [1.29, 1.82) is 0 Å². The largest absolute Gasteiger partial charge is 0.204 e. The maximum atomic E-state index is 13.5. The van der Waals surface area contributed by atoms with Crippen LogP contribution in [0.3, 0.4) is 0 Å². The number of hydrogen-bond donors (Lipinski definition) is 0. The minimum absolute atomic E-state index is 0.173. The van der Waals surface area contributed by atoms with Crippen LogP contribution in [0.5, 0.6) is 0 Å². The van der Waals surface area contributed by atoms with Gasteiger partial charge in [0.25, 0.3) is 0 Å². The molecule has 2 fully saturated rings. The van der Waals surface area contributed by atoms with Gasteiger partial charge in [-0.1, -0.05) is 57.4 Å². The van der Waals surface area contributed by atoms with Gasteiger partial charge in [-0.2, -0.15) is 0 Å². The third kappa shape index (κ3) is 6.62. The Hall–Kier alpha value is -1.25. The van der Waals surface area contributed by atoms with E-state index in [1.807, 2.05) is 6.08 Å². The Morgan fingerprint density at radius 1 is 0.724 bits per heavy atom. The van der Waals surface area contributed by atoms with E-state index in [2.05, 4.69) is 6.58 Å². The van der Waals surface area contributed by atoms with Crippen molar-refractivity contribution >= 4 is 0 Å². The van der Waals surface area contributed by atoms with Gasteiger partial charge in [0, 0.05) is 0 Å². The second-order valence-electron chi connectivity index (χ2n) is 9.55. The van der Waals surface area contributed by atoms with E-state index in [1.54, 1.807) is 0 Å². The minimum Gasteiger partial charge on any atom is -0.204 e. The van der Waals surface area contributed by atoms with Crippen LogP contribution in [0.2, 0.25) is 0 Å². The molecule has 0 bridgehead atoms. The van der Waals surface area contributed by atoms with E-state index >= 15 is 0 Å². The van der Waals surface area contributed by atoms with Gasteiger partial charge in [-0.25, -0.2) is 13.2 Å². The van der Waals surface area contributed by atoms with Crippen LogP contribution in [0.25, 0.3) is 0 Å². The van der Waals surface area contributed by atoms with Gasteiger partial charge >= 0.3 is 0 Å². The SMILES string of the molecule is C=CCCCC[C@H]1CC[C@H](CC[C@H]2CC[C@H](c3cc(F)c(F)c(F)c3)CC2)CC1. The smallest absolute Gasteiger partial charge is 0.194 e. The Bertz CT molecular complexity index is 614. The Morgan fingerprint density at radius 3 is 1.72 bits per heavy atom. The molecule has 3 rings (SSSR count).